The third kappa shape index (κ3) is 6.24. The Morgan fingerprint density at radius 3 is 2.44 bits per heavy atom. The predicted molar refractivity (Wildman–Crippen MR) is 144 cm³/mol. The van der Waals surface area contributed by atoms with Crippen LogP contribution in [0.1, 0.15) is 18.1 Å². The van der Waals surface area contributed by atoms with Gasteiger partial charge in [0.25, 0.3) is 11.1 Å². The molecule has 0 aliphatic carbocycles. The van der Waals surface area contributed by atoms with Crippen molar-refractivity contribution in [3.63, 3.8) is 0 Å². The number of carbonyl (C=O) groups is 3. The van der Waals surface area contributed by atoms with Gasteiger partial charge >= 0.3 is 10.1 Å². The second-order valence-corrected chi connectivity index (χ2v) is 11.0. The number of thioether (sulfide) groups is 1. The second kappa shape index (κ2) is 11.5. The topological polar surface area (TPSA) is 119 Å². The molecule has 13 heteroatoms. The number of rotatable bonds is 8. The second-order valence-electron chi connectivity index (χ2n) is 8.09. The smallest absolute Gasteiger partial charge is 0.339 e. The number of hydrogen-bond donors (Lipinski definition) is 1. The predicted octanol–water partition coefficient (Wildman–Crippen LogP) is 5.45. The Balaban J connectivity index is 1.65. The van der Waals surface area contributed by atoms with Crippen molar-refractivity contribution in [3.8, 4) is 11.5 Å². The molecule has 0 unspecified atom stereocenters. The molecule has 1 aliphatic rings. The number of imide groups is 1. The van der Waals surface area contributed by atoms with Crippen LogP contribution in [0.3, 0.4) is 0 Å². The van der Waals surface area contributed by atoms with Crippen molar-refractivity contribution in [1.82, 2.24) is 4.90 Å². The van der Waals surface area contributed by atoms with Gasteiger partial charge in [-0.25, -0.2) is 4.39 Å². The molecule has 1 saturated heterocycles. The van der Waals surface area contributed by atoms with E-state index in [1.807, 2.05) is 0 Å². The molecular weight excluding hydrogens is 571 g/mol. The largest absolute Gasteiger partial charge is 0.493 e. The molecular formula is C26H20ClFN2O7S2. The van der Waals surface area contributed by atoms with E-state index in [0.29, 0.717) is 17.4 Å². The lowest BCUT2D eigenvalue weighted by molar-refractivity contribution is -0.123. The van der Waals surface area contributed by atoms with Crippen LogP contribution in [-0.2, 0) is 26.3 Å². The van der Waals surface area contributed by atoms with E-state index in [0.717, 1.165) is 4.90 Å². The van der Waals surface area contributed by atoms with Crippen molar-refractivity contribution in [1.29, 1.82) is 0 Å². The van der Waals surface area contributed by atoms with Gasteiger partial charge < -0.3 is 14.2 Å². The number of carbonyl (C=O) groups excluding carboxylic acids is 3. The fourth-order valence-electron chi connectivity index (χ4n) is 3.58. The fourth-order valence-corrected chi connectivity index (χ4v) is 5.60. The molecule has 1 fully saturated rings. The van der Waals surface area contributed by atoms with E-state index < -0.39 is 27.1 Å². The van der Waals surface area contributed by atoms with Crippen molar-refractivity contribution < 1.29 is 36.1 Å². The minimum absolute atomic E-state index is 0.0104. The van der Waals surface area contributed by atoms with E-state index in [4.69, 9.17) is 20.5 Å². The first-order valence-corrected chi connectivity index (χ1v) is 13.8. The van der Waals surface area contributed by atoms with E-state index in [1.54, 1.807) is 6.07 Å². The molecule has 0 aromatic heterocycles. The summed E-state index contributed by atoms with van der Waals surface area (Å²) < 4.78 is 51.1. The van der Waals surface area contributed by atoms with Crippen molar-refractivity contribution >= 4 is 62.3 Å². The Labute approximate surface area is 232 Å². The fraction of sp³-hybridized carbons (Fsp3) is 0.115. The Morgan fingerprint density at radius 1 is 1.10 bits per heavy atom. The Kier molecular flexibility index (Phi) is 8.28. The highest BCUT2D eigenvalue weighted by Gasteiger charge is 2.36. The minimum Gasteiger partial charge on any atom is -0.493 e. The van der Waals surface area contributed by atoms with Gasteiger partial charge in [0.15, 0.2) is 11.5 Å². The molecule has 4 rings (SSSR count). The lowest BCUT2D eigenvalue weighted by atomic mass is 10.1. The van der Waals surface area contributed by atoms with Crippen LogP contribution >= 0.6 is 23.4 Å². The van der Waals surface area contributed by atoms with Gasteiger partial charge in [0.2, 0.25) is 5.91 Å². The summed E-state index contributed by atoms with van der Waals surface area (Å²) in [6.45, 7) is 0.943. The van der Waals surface area contributed by atoms with Gasteiger partial charge in [-0.2, -0.15) is 8.42 Å². The standard InChI is InChI=1S/C26H20ClFN2O7S2/c1-15(31)29-17-9-11-18(12-10-17)39(34,35)37-24-16(5-3-8-22(24)36-2)13-23-25(32)30(26(33)38-23)14-19-20(27)6-4-7-21(19)28/h3-13H,14H2,1-2H3,(H,29,31)/b23-13-. The van der Waals surface area contributed by atoms with Crippen LogP contribution in [0.15, 0.2) is 70.5 Å². The van der Waals surface area contributed by atoms with Crippen molar-refractivity contribution in [3.05, 3.63) is 87.5 Å². The van der Waals surface area contributed by atoms with Crippen LogP contribution in [0.4, 0.5) is 14.9 Å². The number of methoxy groups -OCH3 is 1. The molecule has 1 N–H and O–H groups in total. The first-order valence-electron chi connectivity index (χ1n) is 11.2. The molecule has 0 bridgehead atoms. The van der Waals surface area contributed by atoms with Gasteiger partial charge in [-0.15, -0.1) is 0 Å². The summed E-state index contributed by atoms with van der Waals surface area (Å²) in [7, 11) is -3.07. The maximum atomic E-state index is 14.3. The molecule has 3 aromatic rings. The number of para-hydroxylation sites is 1. The van der Waals surface area contributed by atoms with Gasteiger partial charge in [0.05, 0.1) is 18.6 Å². The van der Waals surface area contributed by atoms with Gasteiger partial charge in [-0.05, 0) is 60.3 Å². The van der Waals surface area contributed by atoms with Crippen LogP contribution in [0, 0.1) is 5.82 Å². The monoisotopic (exact) mass is 590 g/mol. The third-order valence-corrected chi connectivity index (χ3v) is 7.92. The number of halogens is 2. The summed E-state index contributed by atoms with van der Waals surface area (Å²) in [5, 5.41) is 1.95. The van der Waals surface area contributed by atoms with Crippen molar-refractivity contribution in [2.75, 3.05) is 12.4 Å². The quantitative estimate of drug-likeness (QED) is 0.272. The Morgan fingerprint density at radius 2 is 1.79 bits per heavy atom. The zero-order chi connectivity index (χ0) is 28.3. The number of benzene rings is 3. The number of amides is 3. The van der Waals surface area contributed by atoms with Crippen molar-refractivity contribution in [2.45, 2.75) is 18.4 Å². The van der Waals surface area contributed by atoms with Gasteiger partial charge in [0.1, 0.15) is 10.7 Å². The van der Waals surface area contributed by atoms with E-state index in [9.17, 15) is 27.2 Å². The highest BCUT2D eigenvalue weighted by atomic mass is 35.5. The Bertz CT molecular complexity index is 1590. The van der Waals surface area contributed by atoms with Crippen LogP contribution in [-0.4, -0.2) is 37.5 Å². The van der Waals surface area contributed by atoms with E-state index in [2.05, 4.69) is 5.32 Å². The zero-order valence-electron chi connectivity index (χ0n) is 20.4. The van der Waals surface area contributed by atoms with E-state index in [1.165, 1.54) is 74.7 Å². The van der Waals surface area contributed by atoms with E-state index in [-0.39, 0.29) is 49.9 Å². The maximum absolute atomic E-state index is 14.3. The lowest BCUT2D eigenvalue weighted by Crippen LogP contribution is -2.28. The molecule has 1 aliphatic heterocycles. The number of hydrogen-bond acceptors (Lipinski definition) is 8. The van der Waals surface area contributed by atoms with Crippen LogP contribution in [0.5, 0.6) is 11.5 Å². The zero-order valence-corrected chi connectivity index (χ0v) is 22.8. The molecule has 3 aromatic carbocycles. The summed E-state index contributed by atoms with van der Waals surface area (Å²) in [6.07, 6.45) is 1.29. The first-order chi connectivity index (χ1) is 18.5. The molecule has 0 atom stereocenters. The molecule has 0 spiro atoms. The highest BCUT2D eigenvalue weighted by Crippen LogP contribution is 2.39. The molecule has 1 heterocycles. The SMILES string of the molecule is COc1cccc(/C=C2\SC(=O)N(Cc3c(F)cccc3Cl)C2=O)c1OS(=O)(=O)c1ccc(NC(C)=O)cc1. The van der Waals surface area contributed by atoms with Gasteiger partial charge in [-0.1, -0.05) is 29.8 Å². The third-order valence-electron chi connectivity index (χ3n) is 5.42. The van der Waals surface area contributed by atoms with E-state index >= 15 is 0 Å². The average Bonchev–Trinajstić information content (AvgIpc) is 3.14. The Hall–Kier alpha value is -3.87. The molecule has 9 nitrogen and oxygen atoms in total. The summed E-state index contributed by atoms with van der Waals surface area (Å²) in [6, 6.07) is 13.8. The summed E-state index contributed by atoms with van der Waals surface area (Å²) in [5.41, 5.74) is 0.526. The molecule has 0 radical (unpaired) electrons. The average molecular weight is 591 g/mol. The summed E-state index contributed by atoms with van der Waals surface area (Å²) in [4.78, 5) is 37.5. The molecule has 202 valence electrons. The summed E-state index contributed by atoms with van der Waals surface area (Å²) >= 11 is 6.65. The molecule has 0 saturated carbocycles. The molecule has 3 amide bonds. The first kappa shape index (κ1) is 28.1. The van der Waals surface area contributed by atoms with Gasteiger partial charge in [0, 0.05) is 28.8 Å². The number of nitrogens with zero attached hydrogens (tertiary/aromatic N) is 1. The molecule has 39 heavy (non-hydrogen) atoms. The van der Waals surface area contributed by atoms with Crippen molar-refractivity contribution in [2.24, 2.45) is 0 Å². The number of ether oxygens (including phenoxy) is 1. The number of nitrogens with one attached hydrogen (secondary N) is 1. The summed E-state index contributed by atoms with van der Waals surface area (Å²) in [5.74, 6) is -1.85. The number of anilines is 1. The van der Waals surface area contributed by atoms with Gasteiger partial charge in [-0.3, -0.25) is 19.3 Å². The maximum Gasteiger partial charge on any atom is 0.339 e. The normalized spacial score (nSPS) is 14.6. The van der Waals surface area contributed by atoms with Crippen LogP contribution < -0.4 is 14.2 Å². The van der Waals surface area contributed by atoms with Crippen LogP contribution in [0.2, 0.25) is 5.02 Å². The minimum atomic E-state index is -4.38. The lowest BCUT2D eigenvalue weighted by Gasteiger charge is -2.15. The highest BCUT2D eigenvalue weighted by molar-refractivity contribution is 8.18. The van der Waals surface area contributed by atoms with Crippen LogP contribution in [0.25, 0.3) is 6.08 Å².